The van der Waals surface area contributed by atoms with Gasteiger partial charge in [0.15, 0.2) is 5.12 Å². The molecule has 1 fully saturated rings. The van der Waals surface area contributed by atoms with Crippen LogP contribution in [0.4, 0.5) is 0 Å². The minimum absolute atomic E-state index is 0.00796. The molecular formula is C14H20N2O2S. The molecule has 5 heteroatoms. The first-order valence-corrected chi connectivity index (χ1v) is 7.35. The topological polar surface area (TPSA) is 55.6 Å². The molecule has 0 aromatic heterocycles. The molecular weight excluding hydrogens is 260 g/mol. The van der Waals surface area contributed by atoms with Crippen LogP contribution in [0.3, 0.4) is 0 Å². The molecule has 4 nitrogen and oxygen atoms in total. The first-order valence-electron chi connectivity index (χ1n) is 6.47. The van der Waals surface area contributed by atoms with Crippen molar-refractivity contribution in [3.05, 3.63) is 35.9 Å². The molecule has 2 atom stereocenters. The predicted molar refractivity (Wildman–Crippen MR) is 77.8 cm³/mol. The van der Waals surface area contributed by atoms with Crippen molar-refractivity contribution in [3.63, 3.8) is 0 Å². The molecule has 1 saturated heterocycles. The third-order valence-electron chi connectivity index (χ3n) is 3.19. The number of hydrogen-bond donors (Lipinski definition) is 1. The second-order valence-corrected chi connectivity index (χ2v) is 5.93. The number of ether oxygens (including phenoxy) is 1. The predicted octanol–water partition coefficient (Wildman–Crippen LogP) is 1.62. The second kappa shape index (κ2) is 7.05. The summed E-state index contributed by atoms with van der Waals surface area (Å²) in [6.45, 7) is 4.44. The highest BCUT2D eigenvalue weighted by molar-refractivity contribution is 8.13. The average Bonchev–Trinajstić information content (AvgIpc) is 2.45. The first-order chi connectivity index (χ1) is 9.20. The van der Waals surface area contributed by atoms with Gasteiger partial charge in [-0.15, -0.1) is 0 Å². The highest BCUT2D eigenvalue weighted by Crippen LogP contribution is 2.35. The fourth-order valence-corrected chi connectivity index (χ4v) is 3.23. The van der Waals surface area contributed by atoms with Crippen LogP contribution in [0.5, 0.6) is 0 Å². The summed E-state index contributed by atoms with van der Waals surface area (Å²) in [6, 6.07) is 10.1. The monoisotopic (exact) mass is 280 g/mol. The highest BCUT2D eigenvalue weighted by atomic mass is 32.2. The second-order valence-electron chi connectivity index (χ2n) is 4.61. The number of nitrogens with zero attached hydrogens (tertiary/aromatic N) is 1. The zero-order valence-electron chi connectivity index (χ0n) is 11.1. The number of nitrogens with two attached hydrogens (primary N) is 1. The smallest absolute Gasteiger partial charge is 0.186 e. The lowest BCUT2D eigenvalue weighted by molar-refractivity contribution is -0.109. The number of benzene rings is 1. The first kappa shape index (κ1) is 14.5. The van der Waals surface area contributed by atoms with Gasteiger partial charge in [-0.25, -0.2) is 0 Å². The Hall–Kier alpha value is -0.880. The van der Waals surface area contributed by atoms with Crippen LogP contribution >= 0.6 is 11.8 Å². The van der Waals surface area contributed by atoms with Crippen molar-refractivity contribution < 1.29 is 9.53 Å². The number of morpholine rings is 1. The van der Waals surface area contributed by atoms with E-state index in [0.717, 1.165) is 18.7 Å². The zero-order valence-corrected chi connectivity index (χ0v) is 11.9. The van der Waals surface area contributed by atoms with Crippen LogP contribution in [-0.4, -0.2) is 42.5 Å². The Kier molecular flexibility index (Phi) is 5.39. The van der Waals surface area contributed by atoms with Gasteiger partial charge in [-0.3, -0.25) is 9.69 Å². The van der Waals surface area contributed by atoms with Crippen LogP contribution in [0.2, 0.25) is 0 Å². The summed E-state index contributed by atoms with van der Waals surface area (Å²) >= 11 is 1.34. The molecule has 2 rings (SSSR count). The van der Waals surface area contributed by atoms with Crippen molar-refractivity contribution in [3.8, 4) is 0 Å². The molecule has 0 saturated carbocycles. The van der Waals surface area contributed by atoms with Crippen LogP contribution in [0.1, 0.15) is 17.7 Å². The number of carbonyl (C=O) groups excluding carboxylic acids is 1. The van der Waals surface area contributed by atoms with Crippen molar-refractivity contribution in [2.45, 2.75) is 18.3 Å². The maximum Gasteiger partial charge on any atom is 0.186 e. The van der Waals surface area contributed by atoms with Crippen molar-refractivity contribution in [2.24, 2.45) is 5.73 Å². The molecule has 1 aromatic carbocycles. The van der Waals surface area contributed by atoms with Gasteiger partial charge in [0.05, 0.1) is 18.0 Å². The minimum atomic E-state index is 0.00796. The van der Waals surface area contributed by atoms with E-state index in [1.165, 1.54) is 11.8 Å². The Morgan fingerprint density at radius 2 is 2.26 bits per heavy atom. The van der Waals surface area contributed by atoms with Gasteiger partial charge in [-0.05, 0) is 5.56 Å². The third kappa shape index (κ3) is 4.04. The largest absolute Gasteiger partial charge is 0.374 e. The molecule has 0 bridgehead atoms. The normalized spacial score (nSPS) is 22.1. The van der Waals surface area contributed by atoms with Gasteiger partial charge < -0.3 is 10.5 Å². The van der Waals surface area contributed by atoms with Gasteiger partial charge in [0, 0.05) is 26.7 Å². The third-order valence-corrected chi connectivity index (χ3v) is 4.36. The maximum absolute atomic E-state index is 11.5. The van der Waals surface area contributed by atoms with Crippen molar-refractivity contribution >= 4 is 16.9 Å². The van der Waals surface area contributed by atoms with Gasteiger partial charge in [-0.2, -0.15) is 0 Å². The summed E-state index contributed by atoms with van der Waals surface area (Å²) in [5, 5.41) is 0.148. The Morgan fingerprint density at radius 1 is 1.53 bits per heavy atom. The van der Waals surface area contributed by atoms with Crippen LogP contribution in [-0.2, 0) is 9.53 Å². The molecule has 0 radical (unpaired) electrons. The summed E-state index contributed by atoms with van der Waals surface area (Å²) in [6.07, 6.45) is 0.00796. The van der Waals surface area contributed by atoms with E-state index in [1.807, 2.05) is 30.3 Å². The average molecular weight is 280 g/mol. The standard InChI is InChI=1S/C14H20N2O2S/c1-11(17)19-14(12-5-3-2-4-6-12)13-9-16(10-15)7-8-18-13/h2-6,13-14H,7-10,15H2,1H3. The molecule has 0 spiro atoms. The molecule has 1 heterocycles. The van der Waals surface area contributed by atoms with Gasteiger partial charge in [-0.1, -0.05) is 42.1 Å². The molecule has 2 N–H and O–H groups in total. The maximum atomic E-state index is 11.5. The Morgan fingerprint density at radius 3 is 2.89 bits per heavy atom. The summed E-state index contributed by atoms with van der Waals surface area (Å²) in [4.78, 5) is 13.6. The SMILES string of the molecule is CC(=O)SC(c1ccccc1)C1CN(CN)CCO1. The van der Waals surface area contributed by atoms with E-state index >= 15 is 0 Å². The fraction of sp³-hybridized carbons (Fsp3) is 0.500. The van der Waals surface area contributed by atoms with Gasteiger partial charge >= 0.3 is 0 Å². The van der Waals surface area contributed by atoms with Gasteiger partial charge in [0.2, 0.25) is 0 Å². The van der Waals surface area contributed by atoms with E-state index in [9.17, 15) is 4.79 Å². The van der Waals surface area contributed by atoms with E-state index in [4.69, 9.17) is 10.5 Å². The van der Waals surface area contributed by atoms with E-state index in [-0.39, 0.29) is 16.5 Å². The summed E-state index contributed by atoms with van der Waals surface area (Å²) in [5.41, 5.74) is 6.83. The van der Waals surface area contributed by atoms with E-state index in [1.54, 1.807) is 6.92 Å². The van der Waals surface area contributed by atoms with E-state index in [0.29, 0.717) is 13.3 Å². The van der Waals surface area contributed by atoms with Crippen LogP contribution in [0, 0.1) is 0 Å². The molecule has 0 aliphatic carbocycles. The molecule has 19 heavy (non-hydrogen) atoms. The lowest BCUT2D eigenvalue weighted by Gasteiger charge is -2.35. The summed E-state index contributed by atoms with van der Waals surface area (Å²) in [5.74, 6) is 0. The zero-order chi connectivity index (χ0) is 13.7. The lowest BCUT2D eigenvalue weighted by Crippen LogP contribution is -2.46. The number of carbonyl (C=O) groups is 1. The Balaban J connectivity index is 2.15. The fourth-order valence-electron chi connectivity index (χ4n) is 2.26. The van der Waals surface area contributed by atoms with Crippen molar-refractivity contribution in [1.29, 1.82) is 0 Å². The van der Waals surface area contributed by atoms with E-state index < -0.39 is 0 Å². The summed E-state index contributed by atoms with van der Waals surface area (Å²) in [7, 11) is 0. The Bertz CT molecular complexity index is 413. The minimum Gasteiger partial charge on any atom is -0.374 e. The van der Waals surface area contributed by atoms with E-state index in [2.05, 4.69) is 4.90 Å². The van der Waals surface area contributed by atoms with Gasteiger partial charge in [0.25, 0.3) is 0 Å². The number of hydrogen-bond acceptors (Lipinski definition) is 5. The highest BCUT2D eigenvalue weighted by Gasteiger charge is 2.30. The number of thioether (sulfide) groups is 1. The molecule has 2 unspecified atom stereocenters. The molecule has 1 aliphatic rings. The van der Waals surface area contributed by atoms with Gasteiger partial charge in [0.1, 0.15) is 0 Å². The Labute approximate surface area is 118 Å². The number of rotatable bonds is 4. The van der Waals surface area contributed by atoms with Crippen LogP contribution < -0.4 is 5.73 Å². The molecule has 1 aliphatic heterocycles. The summed E-state index contributed by atoms with van der Waals surface area (Å²) < 4.78 is 5.86. The lowest BCUT2D eigenvalue weighted by atomic mass is 10.1. The van der Waals surface area contributed by atoms with Crippen molar-refractivity contribution in [1.82, 2.24) is 4.90 Å². The van der Waals surface area contributed by atoms with Crippen LogP contribution in [0.15, 0.2) is 30.3 Å². The quantitative estimate of drug-likeness (QED) is 0.908. The molecule has 0 amide bonds. The molecule has 104 valence electrons. The van der Waals surface area contributed by atoms with Crippen LogP contribution in [0.25, 0.3) is 0 Å². The van der Waals surface area contributed by atoms with Crippen molar-refractivity contribution in [2.75, 3.05) is 26.4 Å². The molecule has 1 aromatic rings.